The van der Waals surface area contributed by atoms with Crippen molar-refractivity contribution in [3.05, 3.63) is 66.7 Å². The quantitative estimate of drug-likeness (QED) is 0.597. The highest BCUT2D eigenvalue weighted by Crippen LogP contribution is 2.30. The minimum Gasteiger partial charge on any atom is -0.382 e. The first-order chi connectivity index (χ1) is 12.2. The molecule has 0 radical (unpaired) electrons. The maximum Gasteiger partial charge on any atom is 0.279 e. The number of nitrogens with zero attached hydrogens (tertiary/aromatic N) is 3. The lowest BCUT2D eigenvalue weighted by Crippen LogP contribution is -2.14. The Kier molecular flexibility index (Phi) is 3.59. The van der Waals surface area contributed by atoms with Crippen molar-refractivity contribution in [1.82, 2.24) is 15.1 Å². The van der Waals surface area contributed by atoms with Gasteiger partial charge in [0.25, 0.3) is 5.91 Å². The van der Waals surface area contributed by atoms with Gasteiger partial charge in [-0.15, -0.1) is 0 Å². The Hall–Kier alpha value is -3.74. The van der Waals surface area contributed by atoms with Gasteiger partial charge in [-0.05, 0) is 10.8 Å². The number of nitrogens with two attached hydrogens (primary N) is 1. The van der Waals surface area contributed by atoms with Crippen LogP contribution in [0.15, 0.2) is 65.5 Å². The number of carbonyl (C=O) groups excluding carboxylic acids is 1. The second-order valence-electron chi connectivity index (χ2n) is 5.35. The van der Waals surface area contributed by atoms with Crippen molar-refractivity contribution in [3.63, 3.8) is 0 Å². The second kappa shape index (κ2) is 6.04. The van der Waals surface area contributed by atoms with Crippen LogP contribution in [0.1, 0.15) is 10.5 Å². The number of nitrogens with one attached hydrogen (secondary N) is 1. The van der Waals surface area contributed by atoms with Gasteiger partial charge in [0.05, 0.1) is 6.20 Å². The summed E-state index contributed by atoms with van der Waals surface area (Å²) < 4.78 is 4.64. The van der Waals surface area contributed by atoms with Crippen molar-refractivity contribution < 1.29 is 9.32 Å². The SMILES string of the molecule is Nc1nc(NC(=O)c2ccon2)cnc1-c1cccc2ccccc12. The van der Waals surface area contributed by atoms with E-state index in [1.54, 1.807) is 0 Å². The van der Waals surface area contributed by atoms with E-state index in [1.807, 2.05) is 42.5 Å². The van der Waals surface area contributed by atoms with E-state index in [4.69, 9.17) is 5.73 Å². The predicted octanol–water partition coefficient (Wildman–Crippen LogP) is 3.12. The number of benzene rings is 2. The third-order valence-electron chi connectivity index (χ3n) is 3.76. The van der Waals surface area contributed by atoms with E-state index < -0.39 is 5.91 Å². The number of rotatable bonds is 3. The molecule has 122 valence electrons. The molecule has 0 fully saturated rings. The van der Waals surface area contributed by atoms with Gasteiger partial charge in [-0.25, -0.2) is 9.97 Å². The fraction of sp³-hybridized carbons (Fsp3) is 0. The fourth-order valence-corrected chi connectivity index (χ4v) is 2.61. The smallest absolute Gasteiger partial charge is 0.279 e. The lowest BCUT2D eigenvalue weighted by atomic mass is 10.0. The topological polar surface area (TPSA) is 107 Å². The Morgan fingerprint density at radius 2 is 1.92 bits per heavy atom. The molecule has 1 amide bonds. The average Bonchev–Trinajstić information content (AvgIpc) is 3.16. The van der Waals surface area contributed by atoms with Crippen molar-refractivity contribution in [3.8, 4) is 11.3 Å². The zero-order valence-corrected chi connectivity index (χ0v) is 13.0. The van der Waals surface area contributed by atoms with Crippen molar-refractivity contribution in [1.29, 1.82) is 0 Å². The van der Waals surface area contributed by atoms with Crippen LogP contribution in [-0.2, 0) is 0 Å². The molecule has 0 aliphatic carbocycles. The van der Waals surface area contributed by atoms with Crippen LogP contribution in [0.2, 0.25) is 0 Å². The van der Waals surface area contributed by atoms with Gasteiger partial charge in [0.15, 0.2) is 17.3 Å². The Bertz CT molecular complexity index is 1050. The first kappa shape index (κ1) is 14.8. The summed E-state index contributed by atoms with van der Waals surface area (Å²) in [7, 11) is 0. The summed E-state index contributed by atoms with van der Waals surface area (Å²) in [4.78, 5) is 20.6. The van der Waals surface area contributed by atoms with Crippen molar-refractivity contribution in [2.75, 3.05) is 11.1 Å². The summed E-state index contributed by atoms with van der Waals surface area (Å²) in [5.41, 5.74) is 7.68. The standard InChI is InChI=1S/C18H13N5O2/c19-17-16(13-7-3-5-11-4-1-2-6-12(11)13)20-10-15(21-17)22-18(24)14-8-9-25-23-14/h1-10H,(H3,19,21,22,24). The van der Waals surface area contributed by atoms with E-state index >= 15 is 0 Å². The molecule has 0 saturated heterocycles. The van der Waals surface area contributed by atoms with Gasteiger partial charge in [-0.1, -0.05) is 47.6 Å². The van der Waals surface area contributed by atoms with Crippen LogP contribution < -0.4 is 11.1 Å². The molecular formula is C18H13N5O2. The van der Waals surface area contributed by atoms with Crippen LogP contribution in [0, 0.1) is 0 Å². The summed E-state index contributed by atoms with van der Waals surface area (Å²) in [6.45, 7) is 0. The number of carbonyl (C=O) groups is 1. The van der Waals surface area contributed by atoms with Crippen molar-refractivity contribution >= 4 is 28.3 Å². The molecule has 7 nitrogen and oxygen atoms in total. The minimum atomic E-state index is -0.444. The fourth-order valence-electron chi connectivity index (χ4n) is 2.61. The molecule has 0 bridgehead atoms. The third kappa shape index (κ3) is 2.78. The highest BCUT2D eigenvalue weighted by molar-refractivity contribution is 6.02. The second-order valence-corrected chi connectivity index (χ2v) is 5.35. The number of hydrogen-bond donors (Lipinski definition) is 2. The normalized spacial score (nSPS) is 10.7. The molecule has 7 heteroatoms. The Labute approximate surface area is 142 Å². The molecule has 0 aliphatic rings. The number of amides is 1. The number of anilines is 2. The van der Waals surface area contributed by atoms with Crippen LogP contribution in [-0.4, -0.2) is 21.0 Å². The minimum absolute atomic E-state index is 0.151. The van der Waals surface area contributed by atoms with Crippen LogP contribution in [0.25, 0.3) is 22.0 Å². The number of nitrogen functional groups attached to an aromatic ring is 1. The van der Waals surface area contributed by atoms with E-state index in [0.29, 0.717) is 5.69 Å². The van der Waals surface area contributed by atoms with Gasteiger partial charge in [0, 0.05) is 11.6 Å². The molecule has 0 aliphatic heterocycles. The molecule has 4 rings (SSSR count). The van der Waals surface area contributed by atoms with E-state index in [1.165, 1.54) is 18.5 Å². The molecule has 0 spiro atoms. The van der Waals surface area contributed by atoms with Gasteiger partial charge in [-0.2, -0.15) is 0 Å². The Morgan fingerprint density at radius 1 is 1.08 bits per heavy atom. The molecule has 4 aromatic rings. The van der Waals surface area contributed by atoms with Crippen molar-refractivity contribution in [2.24, 2.45) is 0 Å². The number of fused-ring (bicyclic) bond motifs is 1. The Balaban J connectivity index is 1.69. The highest BCUT2D eigenvalue weighted by atomic mass is 16.5. The summed E-state index contributed by atoms with van der Waals surface area (Å²) in [6, 6.07) is 15.3. The van der Waals surface area contributed by atoms with E-state index in [-0.39, 0.29) is 17.3 Å². The first-order valence-corrected chi connectivity index (χ1v) is 7.55. The summed E-state index contributed by atoms with van der Waals surface area (Å²) in [5.74, 6) is 0.0316. The first-order valence-electron chi connectivity index (χ1n) is 7.55. The largest absolute Gasteiger partial charge is 0.382 e. The predicted molar refractivity (Wildman–Crippen MR) is 93.8 cm³/mol. The number of aromatic nitrogens is 3. The monoisotopic (exact) mass is 331 g/mol. The molecule has 2 aromatic carbocycles. The van der Waals surface area contributed by atoms with Gasteiger partial charge in [0.2, 0.25) is 0 Å². The lowest BCUT2D eigenvalue weighted by molar-refractivity contribution is 0.101. The maximum atomic E-state index is 12.0. The van der Waals surface area contributed by atoms with Gasteiger partial charge >= 0.3 is 0 Å². The molecule has 3 N–H and O–H groups in total. The van der Waals surface area contributed by atoms with Crippen LogP contribution in [0.3, 0.4) is 0 Å². The van der Waals surface area contributed by atoms with E-state index in [2.05, 4.69) is 25.0 Å². The molecule has 0 atom stereocenters. The highest BCUT2D eigenvalue weighted by Gasteiger charge is 2.13. The summed E-state index contributed by atoms with van der Waals surface area (Å²) in [6.07, 6.45) is 2.78. The van der Waals surface area contributed by atoms with Gasteiger partial charge in [-0.3, -0.25) is 4.79 Å². The molecule has 2 heterocycles. The summed E-state index contributed by atoms with van der Waals surface area (Å²) >= 11 is 0. The number of hydrogen-bond acceptors (Lipinski definition) is 6. The molecule has 25 heavy (non-hydrogen) atoms. The third-order valence-corrected chi connectivity index (χ3v) is 3.76. The molecular weight excluding hydrogens is 318 g/mol. The maximum absolute atomic E-state index is 12.0. The Morgan fingerprint density at radius 3 is 2.72 bits per heavy atom. The summed E-state index contributed by atoms with van der Waals surface area (Å²) in [5, 5.41) is 8.27. The van der Waals surface area contributed by atoms with Crippen LogP contribution in [0.5, 0.6) is 0 Å². The zero-order valence-electron chi connectivity index (χ0n) is 13.0. The van der Waals surface area contributed by atoms with Crippen molar-refractivity contribution in [2.45, 2.75) is 0 Å². The molecule has 2 aromatic heterocycles. The lowest BCUT2D eigenvalue weighted by Gasteiger charge is -2.09. The van der Waals surface area contributed by atoms with Crippen LogP contribution >= 0.6 is 0 Å². The molecule has 0 saturated carbocycles. The van der Waals surface area contributed by atoms with Crippen LogP contribution in [0.4, 0.5) is 11.6 Å². The zero-order chi connectivity index (χ0) is 17.2. The van der Waals surface area contributed by atoms with Gasteiger partial charge in [0.1, 0.15) is 12.0 Å². The van der Waals surface area contributed by atoms with Gasteiger partial charge < -0.3 is 15.6 Å². The van der Waals surface area contributed by atoms with E-state index in [9.17, 15) is 4.79 Å². The molecule has 0 unspecified atom stereocenters. The van der Waals surface area contributed by atoms with E-state index in [0.717, 1.165) is 16.3 Å². The average molecular weight is 331 g/mol.